The summed E-state index contributed by atoms with van der Waals surface area (Å²) in [5.74, 6) is 2.28. The number of piperidine rings is 1. The molecular weight excluding hydrogens is 586 g/mol. The third-order valence-electron chi connectivity index (χ3n) is 8.72. The van der Waals surface area contributed by atoms with E-state index in [2.05, 4.69) is 55.3 Å². The topological polar surface area (TPSA) is 119 Å². The van der Waals surface area contributed by atoms with Crippen molar-refractivity contribution >= 4 is 62.4 Å². The van der Waals surface area contributed by atoms with Gasteiger partial charge in [0.05, 0.1) is 11.0 Å². The maximum atomic E-state index is 4.79. The molecule has 1 saturated heterocycles. The molecule has 1 aliphatic heterocycles. The van der Waals surface area contributed by atoms with Crippen LogP contribution in [-0.2, 0) is 0 Å². The number of pyridine rings is 2. The lowest BCUT2D eigenvalue weighted by Crippen LogP contribution is -2.27. The summed E-state index contributed by atoms with van der Waals surface area (Å²) < 4.78 is 0. The number of nitrogens with one attached hydrogen (secondary N) is 4. The van der Waals surface area contributed by atoms with Gasteiger partial charge in [-0.1, -0.05) is 12.8 Å². The van der Waals surface area contributed by atoms with Crippen molar-refractivity contribution in [3.05, 3.63) is 59.9 Å². The summed E-state index contributed by atoms with van der Waals surface area (Å²) in [7, 11) is 8.20. The fourth-order valence-electron chi connectivity index (χ4n) is 6.32. The zero-order chi connectivity index (χ0) is 32.9. The monoisotopic (exact) mass is 633 g/mol. The molecule has 3 aromatic heterocycles. The fraction of sp³-hybridized carbons (Fsp3) is 0.417. The van der Waals surface area contributed by atoms with E-state index in [1.54, 1.807) is 0 Å². The number of benzene rings is 2. The Hall–Kier alpha value is -4.77. The normalized spacial score (nSPS) is 13.6. The molecule has 2 aromatic carbocycles. The Morgan fingerprint density at radius 1 is 0.660 bits per heavy atom. The highest BCUT2D eigenvalue weighted by molar-refractivity contribution is 5.95. The Labute approximate surface area is 277 Å². The van der Waals surface area contributed by atoms with Crippen LogP contribution in [0.15, 0.2) is 48.5 Å². The Bertz CT molecular complexity index is 1730. The van der Waals surface area contributed by atoms with Crippen LogP contribution < -0.4 is 31.1 Å². The standard InChI is InChI=1S/C36H47N11/c1-23-19-32(46(3)4)28-21-26(10-12-30(28)39-23)41-35-43-34(38-16-8-7-9-25-14-17-37-18-15-25)44-36(45-35)42-27-11-13-31-29(22-27)33(47(5)6)20-24(2)40-31/h10-13,19-22,25,37H,7-9,14-18H2,1-6H3,(H3,38,41,42,43,44,45). The first-order valence-electron chi connectivity index (χ1n) is 16.6. The average Bonchev–Trinajstić information content (AvgIpc) is 3.04. The maximum Gasteiger partial charge on any atom is 0.233 e. The van der Waals surface area contributed by atoms with Crippen molar-refractivity contribution in [2.75, 3.05) is 73.6 Å². The van der Waals surface area contributed by atoms with E-state index in [-0.39, 0.29) is 0 Å². The summed E-state index contributed by atoms with van der Waals surface area (Å²) in [4.78, 5) is 28.0. The van der Waals surface area contributed by atoms with Crippen molar-refractivity contribution in [2.24, 2.45) is 5.92 Å². The van der Waals surface area contributed by atoms with E-state index in [0.717, 1.165) is 87.9 Å². The number of hydrogen-bond donors (Lipinski definition) is 4. The van der Waals surface area contributed by atoms with Gasteiger partial charge in [-0.3, -0.25) is 9.97 Å². The number of fused-ring (bicyclic) bond motifs is 2. The molecule has 0 spiro atoms. The number of aromatic nitrogens is 5. The first-order valence-corrected chi connectivity index (χ1v) is 16.6. The first kappa shape index (κ1) is 32.2. The highest BCUT2D eigenvalue weighted by Gasteiger charge is 2.14. The smallest absolute Gasteiger partial charge is 0.233 e. The molecule has 0 amide bonds. The van der Waals surface area contributed by atoms with Crippen LogP contribution in [0.3, 0.4) is 0 Å². The Kier molecular flexibility index (Phi) is 9.81. The molecular formula is C36H47N11. The number of rotatable bonds is 12. The van der Waals surface area contributed by atoms with Crippen LogP contribution in [-0.4, -0.2) is 72.7 Å². The molecule has 0 saturated carbocycles. The van der Waals surface area contributed by atoms with E-state index in [9.17, 15) is 0 Å². The molecule has 0 atom stereocenters. The SMILES string of the molecule is Cc1cc(N(C)C)c2cc(Nc3nc(NCCCCC4CCNCC4)nc(Nc4ccc5nc(C)cc(N(C)C)c5c4)n3)ccc2n1. The zero-order valence-electron chi connectivity index (χ0n) is 28.5. The van der Waals surface area contributed by atoms with Crippen LogP contribution in [0.5, 0.6) is 0 Å². The second kappa shape index (κ2) is 14.3. The van der Waals surface area contributed by atoms with Gasteiger partial charge in [0, 0.05) is 79.6 Å². The molecule has 0 unspecified atom stereocenters. The van der Waals surface area contributed by atoms with Gasteiger partial charge in [-0.05, 0) is 101 Å². The van der Waals surface area contributed by atoms with Crippen LogP contribution >= 0.6 is 0 Å². The fourth-order valence-corrected chi connectivity index (χ4v) is 6.32. The third kappa shape index (κ3) is 7.97. The molecule has 0 bridgehead atoms. The number of nitrogens with zero attached hydrogens (tertiary/aromatic N) is 7. The van der Waals surface area contributed by atoms with Gasteiger partial charge < -0.3 is 31.1 Å². The lowest BCUT2D eigenvalue weighted by molar-refractivity contribution is 0.345. The van der Waals surface area contributed by atoms with Crippen LogP contribution in [0.25, 0.3) is 21.8 Å². The largest absolute Gasteiger partial charge is 0.377 e. The molecule has 11 nitrogen and oxygen atoms in total. The van der Waals surface area contributed by atoms with Crippen molar-refractivity contribution in [3.63, 3.8) is 0 Å². The predicted octanol–water partition coefficient (Wildman–Crippen LogP) is 6.79. The quantitative estimate of drug-likeness (QED) is 0.109. The van der Waals surface area contributed by atoms with Gasteiger partial charge >= 0.3 is 0 Å². The van der Waals surface area contributed by atoms with E-state index in [1.165, 1.54) is 25.7 Å². The number of aryl methyl sites for hydroxylation is 2. The minimum atomic E-state index is 0.456. The summed E-state index contributed by atoms with van der Waals surface area (Å²) in [6, 6.07) is 16.5. The molecule has 1 fully saturated rings. The van der Waals surface area contributed by atoms with Crippen LogP contribution in [0.1, 0.15) is 43.5 Å². The van der Waals surface area contributed by atoms with E-state index < -0.39 is 0 Å². The molecule has 0 aliphatic carbocycles. The van der Waals surface area contributed by atoms with Gasteiger partial charge in [0.2, 0.25) is 17.8 Å². The molecule has 246 valence electrons. The van der Waals surface area contributed by atoms with Crippen molar-refractivity contribution in [1.82, 2.24) is 30.2 Å². The third-order valence-corrected chi connectivity index (χ3v) is 8.72. The molecule has 5 aromatic rings. The van der Waals surface area contributed by atoms with Crippen molar-refractivity contribution < 1.29 is 0 Å². The Morgan fingerprint density at radius 3 is 1.68 bits per heavy atom. The van der Waals surface area contributed by atoms with E-state index in [0.29, 0.717) is 17.8 Å². The second-order valence-electron chi connectivity index (χ2n) is 13.0. The van der Waals surface area contributed by atoms with E-state index >= 15 is 0 Å². The van der Waals surface area contributed by atoms with E-state index in [4.69, 9.17) is 24.9 Å². The highest BCUT2D eigenvalue weighted by Crippen LogP contribution is 2.31. The second-order valence-corrected chi connectivity index (χ2v) is 13.0. The molecule has 11 heteroatoms. The molecule has 47 heavy (non-hydrogen) atoms. The minimum absolute atomic E-state index is 0.456. The highest BCUT2D eigenvalue weighted by atomic mass is 15.3. The molecule has 4 N–H and O–H groups in total. The van der Waals surface area contributed by atoms with Crippen LogP contribution in [0.2, 0.25) is 0 Å². The first-order chi connectivity index (χ1) is 22.7. The average molecular weight is 634 g/mol. The summed E-state index contributed by atoms with van der Waals surface area (Å²) in [6.45, 7) is 7.14. The van der Waals surface area contributed by atoms with Crippen LogP contribution in [0.4, 0.5) is 40.6 Å². The van der Waals surface area contributed by atoms with Gasteiger partial charge in [-0.15, -0.1) is 0 Å². The van der Waals surface area contributed by atoms with Crippen LogP contribution in [0, 0.1) is 19.8 Å². The van der Waals surface area contributed by atoms with Crippen molar-refractivity contribution in [3.8, 4) is 0 Å². The van der Waals surface area contributed by atoms with Gasteiger partial charge in [-0.2, -0.15) is 15.0 Å². The van der Waals surface area contributed by atoms with Crippen molar-refractivity contribution in [1.29, 1.82) is 0 Å². The summed E-state index contributed by atoms with van der Waals surface area (Å²) in [6.07, 6.45) is 6.10. The van der Waals surface area contributed by atoms with Gasteiger partial charge in [0.25, 0.3) is 0 Å². The summed E-state index contributed by atoms with van der Waals surface area (Å²) in [5.41, 5.74) is 7.83. The predicted molar refractivity (Wildman–Crippen MR) is 196 cm³/mol. The lowest BCUT2D eigenvalue weighted by Gasteiger charge is -2.22. The van der Waals surface area contributed by atoms with Crippen molar-refractivity contribution in [2.45, 2.75) is 46.0 Å². The molecule has 1 aliphatic rings. The Morgan fingerprint density at radius 2 is 1.17 bits per heavy atom. The lowest BCUT2D eigenvalue weighted by atomic mass is 9.92. The van der Waals surface area contributed by atoms with Gasteiger partial charge in [0.1, 0.15) is 0 Å². The minimum Gasteiger partial charge on any atom is -0.377 e. The number of unbranched alkanes of at least 4 members (excludes halogenated alkanes) is 1. The Balaban J connectivity index is 1.26. The number of hydrogen-bond acceptors (Lipinski definition) is 11. The summed E-state index contributed by atoms with van der Waals surface area (Å²) >= 11 is 0. The summed E-state index contributed by atoms with van der Waals surface area (Å²) in [5, 5.41) is 15.9. The van der Waals surface area contributed by atoms with Gasteiger partial charge in [-0.25, -0.2) is 0 Å². The van der Waals surface area contributed by atoms with Gasteiger partial charge in [0.15, 0.2) is 0 Å². The maximum absolute atomic E-state index is 4.79. The zero-order valence-corrected chi connectivity index (χ0v) is 28.5. The van der Waals surface area contributed by atoms with E-state index in [1.807, 2.05) is 66.3 Å². The molecule has 6 rings (SSSR count). The molecule has 0 radical (unpaired) electrons. The number of anilines is 7. The molecule has 4 heterocycles.